The molecule has 0 saturated carbocycles. The summed E-state index contributed by atoms with van der Waals surface area (Å²) in [7, 11) is 0. The number of hydrogen-bond acceptors (Lipinski definition) is 4. The lowest BCUT2D eigenvalue weighted by molar-refractivity contribution is -0.124. The third-order valence-electron chi connectivity index (χ3n) is 4.86. The summed E-state index contributed by atoms with van der Waals surface area (Å²) in [5, 5.41) is 9.35. The van der Waals surface area contributed by atoms with Crippen LogP contribution in [0.5, 0.6) is 0 Å². The third kappa shape index (κ3) is 5.11. The highest BCUT2D eigenvalue weighted by atomic mass is 19.1. The van der Waals surface area contributed by atoms with Gasteiger partial charge in [0.15, 0.2) is 0 Å². The van der Waals surface area contributed by atoms with Crippen molar-refractivity contribution in [1.29, 1.82) is 0 Å². The van der Waals surface area contributed by atoms with E-state index in [2.05, 4.69) is 20.7 Å². The molecule has 7 nitrogen and oxygen atoms in total. The van der Waals surface area contributed by atoms with Gasteiger partial charge in [-0.05, 0) is 42.7 Å². The molecule has 2 atom stereocenters. The Bertz CT molecular complexity index is 1030. The third-order valence-corrected chi connectivity index (χ3v) is 4.86. The van der Waals surface area contributed by atoms with Gasteiger partial charge in [0.2, 0.25) is 5.91 Å². The van der Waals surface area contributed by atoms with Gasteiger partial charge in [0.1, 0.15) is 35.9 Å². The van der Waals surface area contributed by atoms with Crippen molar-refractivity contribution in [3.05, 3.63) is 77.9 Å². The van der Waals surface area contributed by atoms with Crippen molar-refractivity contribution in [3.8, 4) is 5.69 Å². The van der Waals surface area contributed by atoms with E-state index in [1.807, 2.05) is 24.3 Å². The highest BCUT2D eigenvalue weighted by Crippen LogP contribution is 2.17. The van der Waals surface area contributed by atoms with Crippen molar-refractivity contribution >= 4 is 11.8 Å². The van der Waals surface area contributed by atoms with Crippen molar-refractivity contribution < 1.29 is 18.4 Å². The second-order valence-corrected chi connectivity index (χ2v) is 7.45. The minimum Gasteiger partial charge on any atom is -0.348 e. The summed E-state index contributed by atoms with van der Waals surface area (Å²) in [6.07, 6.45) is 3.01. The van der Waals surface area contributed by atoms with E-state index in [-0.39, 0.29) is 12.0 Å². The molecule has 162 valence electrons. The first-order valence-electron chi connectivity index (χ1n) is 9.78. The summed E-state index contributed by atoms with van der Waals surface area (Å²) in [6, 6.07) is 9.21. The zero-order valence-electron chi connectivity index (χ0n) is 17.3. The maximum atomic E-state index is 13.9. The van der Waals surface area contributed by atoms with Crippen LogP contribution < -0.4 is 10.6 Å². The molecule has 2 N–H and O–H groups in total. The van der Waals surface area contributed by atoms with E-state index in [1.165, 1.54) is 12.4 Å². The van der Waals surface area contributed by atoms with Gasteiger partial charge in [0.25, 0.3) is 5.91 Å². The summed E-state index contributed by atoms with van der Waals surface area (Å²) in [4.78, 5) is 29.2. The Labute approximate surface area is 178 Å². The minimum absolute atomic E-state index is 0.305. The number of carbonyl (C=O) groups excluding carboxylic acids is 2. The Morgan fingerprint density at radius 1 is 0.968 bits per heavy atom. The topological polar surface area (TPSA) is 88.9 Å². The van der Waals surface area contributed by atoms with E-state index in [0.717, 1.165) is 23.4 Å². The highest BCUT2D eigenvalue weighted by Gasteiger charge is 2.28. The van der Waals surface area contributed by atoms with Crippen LogP contribution >= 0.6 is 0 Å². The van der Waals surface area contributed by atoms with Crippen LogP contribution in [0.3, 0.4) is 0 Å². The fourth-order valence-electron chi connectivity index (χ4n) is 3.11. The number of hydrogen-bond donors (Lipinski definition) is 2. The molecule has 0 aliphatic rings. The Morgan fingerprint density at radius 3 is 2.16 bits per heavy atom. The minimum atomic E-state index is -0.985. The van der Waals surface area contributed by atoms with Gasteiger partial charge in [0.05, 0.1) is 11.7 Å². The van der Waals surface area contributed by atoms with Crippen molar-refractivity contribution in [1.82, 2.24) is 25.4 Å². The van der Waals surface area contributed by atoms with Crippen LogP contribution in [-0.2, 0) is 4.79 Å². The molecule has 0 unspecified atom stereocenters. The van der Waals surface area contributed by atoms with Crippen molar-refractivity contribution in [3.63, 3.8) is 0 Å². The molecule has 0 aliphatic heterocycles. The molecule has 0 radical (unpaired) electrons. The molecule has 1 heterocycles. The molecule has 2 amide bonds. The summed E-state index contributed by atoms with van der Waals surface area (Å²) >= 11 is 0. The zero-order chi connectivity index (χ0) is 22.5. The number of halogens is 2. The van der Waals surface area contributed by atoms with Crippen molar-refractivity contribution in [2.45, 2.75) is 32.9 Å². The Morgan fingerprint density at radius 2 is 1.61 bits per heavy atom. The molecule has 1 aromatic heterocycles. The van der Waals surface area contributed by atoms with Gasteiger partial charge in [-0.1, -0.05) is 32.0 Å². The Kier molecular flexibility index (Phi) is 6.74. The van der Waals surface area contributed by atoms with E-state index in [1.54, 1.807) is 31.8 Å². The van der Waals surface area contributed by atoms with E-state index >= 15 is 0 Å². The summed E-state index contributed by atoms with van der Waals surface area (Å²) in [6.45, 7) is 5.28. The molecule has 2 aromatic carbocycles. The van der Waals surface area contributed by atoms with Gasteiger partial charge in [-0.25, -0.2) is 18.4 Å². The fraction of sp³-hybridized carbons (Fsp3) is 0.273. The SMILES string of the molecule is CC(C)[C@H](NC(=O)c1c(F)cccc1F)C(=O)N[C@H](C)c1ccc(-n2cncn2)cc1. The average Bonchev–Trinajstić information content (AvgIpc) is 3.26. The quantitative estimate of drug-likeness (QED) is 0.606. The Balaban J connectivity index is 1.69. The predicted molar refractivity (Wildman–Crippen MR) is 110 cm³/mol. The number of nitrogens with one attached hydrogen (secondary N) is 2. The lowest BCUT2D eigenvalue weighted by Gasteiger charge is -2.24. The van der Waals surface area contributed by atoms with Crippen molar-refractivity contribution in [2.75, 3.05) is 0 Å². The first kappa shape index (κ1) is 22.1. The maximum absolute atomic E-state index is 13.9. The van der Waals surface area contributed by atoms with Crippen LogP contribution in [0.25, 0.3) is 5.69 Å². The second-order valence-electron chi connectivity index (χ2n) is 7.45. The number of aromatic nitrogens is 3. The van der Waals surface area contributed by atoms with Gasteiger partial charge in [-0.3, -0.25) is 9.59 Å². The van der Waals surface area contributed by atoms with Crippen LogP contribution in [0.4, 0.5) is 8.78 Å². The van der Waals surface area contributed by atoms with E-state index in [4.69, 9.17) is 0 Å². The first-order valence-corrected chi connectivity index (χ1v) is 9.78. The summed E-state index contributed by atoms with van der Waals surface area (Å²) < 4.78 is 29.4. The van der Waals surface area contributed by atoms with Crippen molar-refractivity contribution in [2.24, 2.45) is 5.92 Å². The molecule has 0 spiro atoms. The van der Waals surface area contributed by atoms with E-state index < -0.39 is 35.1 Å². The summed E-state index contributed by atoms with van der Waals surface area (Å²) in [5.74, 6) is -3.70. The first-order chi connectivity index (χ1) is 14.8. The van der Waals surface area contributed by atoms with Gasteiger partial charge in [-0.2, -0.15) is 5.10 Å². The lowest BCUT2D eigenvalue weighted by Crippen LogP contribution is -2.50. The molecule has 0 fully saturated rings. The maximum Gasteiger partial charge on any atom is 0.257 e. The zero-order valence-corrected chi connectivity index (χ0v) is 17.3. The normalized spacial score (nSPS) is 13.0. The number of rotatable bonds is 7. The molecule has 0 saturated heterocycles. The van der Waals surface area contributed by atoms with E-state index in [0.29, 0.717) is 0 Å². The Hall–Kier alpha value is -3.62. The van der Waals surface area contributed by atoms with Gasteiger partial charge in [-0.15, -0.1) is 0 Å². The van der Waals surface area contributed by atoms with Crippen LogP contribution in [0.2, 0.25) is 0 Å². The summed E-state index contributed by atoms with van der Waals surface area (Å²) in [5.41, 5.74) is 0.947. The molecular formula is C22H23F2N5O2. The smallest absolute Gasteiger partial charge is 0.257 e. The number of nitrogens with zero attached hydrogens (tertiary/aromatic N) is 3. The molecule has 0 aliphatic carbocycles. The average molecular weight is 427 g/mol. The molecule has 9 heteroatoms. The standard InChI is InChI=1S/C22H23F2N5O2/c1-13(2)20(28-21(30)19-17(23)5-4-6-18(19)24)22(31)27-14(3)15-7-9-16(10-8-15)29-12-25-11-26-29/h4-14,20H,1-3H3,(H,27,31)(H,28,30)/t14-,20+/m1/s1. The fourth-order valence-corrected chi connectivity index (χ4v) is 3.11. The molecule has 31 heavy (non-hydrogen) atoms. The second kappa shape index (κ2) is 9.46. The molecule has 3 aromatic rings. The number of carbonyl (C=O) groups is 2. The van der Waals surface area contributed by atoms with Gasteiger partial charge < -0.3 is 10.6 Å². The monoisotopic (exact) mass is 427 g/mol. The molecule has 3 rings (SSSR count). The largest absolute Gasteiger partial charge is 0.348 e. The molecular weight excluding hydrogens is 404 g/mol. The number of benzene rings is 2. The van der Waals surface area contributed by atoms with Crippen LogP contribution in [-0.4, -0.2) is 32.6 Å². The molecule has 0 bridgehead atoms. The highest BCUT2D eigenvalue weighted by molar-refractivity contribution is 5.98. The van der Waals surface area contributed by atoms with Crippen LogP contribution in [0.1, 0.15) is 42.7 Å². The van der Waals surface area contributed by atoms with Crippen LogP contribution in [0, 0.1) is 17.6 Å². The van der Waals surface area contributed by atoms with Gasteiger partial charge >= 0.3 is 0 Å². The number of amides is 2. The predicted octanol–water partition coefficient (Wildman–Crippen LogP) is 3.18. The van der Waals surface area contributed by atoms with E-state index in [9.17, 15) is 18.4 Å². The van der Waals surface area contributed by atoms with Gasteiger partial charge in [0, 0.05) is 0 Å². The lowest BCUT2D eigenvalue weighted by atomic mass is 10.0. The van der Waals surface area contributed by atoms with Crippen LogP contribution in [0.15, 0.2) is 55.1 Å².